The molecule has 1 aliphatic heterocycles. The minimum absolute atomic E-state index is 0.105. The summed E-state index contributed by atoms with van der Waals surface area (Å²) in [7, 11) is -4.07. The summed E-state index contributed by atoms with van der Waals surface area (Å²) in [5, 5.41) is 9.64. The zero-order valence-corrected chi connectivity index (χ0v) is 12.8. The lowest BCUT2D eigenvalue weighted by Gasteiger charge is -2.14. The van der Waals surface area contributed by atoms with E-state index in [1.807, 2.05) is 0 Å². The van der Waals surface area contributed by atoms with Crippen LogP contribution in [0.25, 0.3) is 0 Å². The van der Waals surface area contributed by atoms with E-state index in [4.69, 9.17) is 0 Å². The number of likely N-dealkylation sites (tertiary alicyclic amines) is 1. The van der Waals surface area contributed by atoms with Crippen LogP contribution in [0.2, 0.25) is 0 Å². The first-order chi connectivity index (χ1) is 11.0. The maximum atomic E-state index is 13.2. The molecule has 23 heavy (non-hydrogen) atoms. The number of aromatic amines is 1. The third-order valence-electron chi connectivity index (χ3n) is 3.48. The Morgan fingerprint density at radius 3 is 2.70 bits per heavy atom. The number of halogens is 1. The van der Waals surface area contributed by atoms with Crippen LogP contribution in [0.1, 0.15) is 23.3 Å². The van der Waals surface area contributed by atoms with Gasteiger partial charge in [-0.15, -0.1) is 10.2 Å². The quantitative estimate of drug-likeness (QED) is 0.863. The molecule has 0 aliphatic carbocycles. The molecule has 8 nitrogen and oxygen atoms in total. The van der Waals surface area contributed by atoms with Crippen molar-refractivity contribution in [3.8, 4) is 0 Å². The monoisotopic (exact) mass is 339 g/mol. The molecule has 1 aromatic carbocycles. The van der Waals surface area contributed by atoms with Crippen LogP contribution in [0.15, 0.2) is 29.2 Å². The van der Waals surface area contributed by atoms with E-state index < -0.39 is 21.7 Å². The summed E-state index contributed by atoms with van der Waals surface area (Å²) in [4.78, 5) is 13.6. The SMILES string of the molecule is O=C(c1n[nH]nc1NS(=O)(=O)c1cccc(F)c1)N1CCCC1. The number of hydrogen-bond donors (Lipinski definition) is 2. The van der Waals surface area contributed by atoms with Crippen molar-refractivity contribution in [2.75, 3.05) is 17.8 Å². The zero-order valence-electron chi connectivity index (χ0n) is 12.0. The molecule has 0 radical (unpaired) electrons. The number of aromatic nitrogens is 3. The first-order valence-corrected chi connectivity index (χ1v) is 8.44. The van der Waals surface area contributed by atoms with E-state index in [0.29, 0.717) is 13.1 Å². The van der Waals surface area contributed by atoms with Gasteiger partial charge in [0.05, 0.1) is 4.90 Å². The van der Waals surface area contributed by atoms with Crippen molar-refractivity contribution in [2.24, 2.45) is 0 Å². The molecule has 0 bridgehead atoms. The van der Waals surface area contributed by atoms with E-state index >= 15 is 0 Å². The average molecular weight is 339 g/mol. The molecule has 2 heterocycles. The van der Waals surface area contributed by atoms with Crippen LogP contribution in [-0.4, -0.2) is 47.7 Å². The molecule has 2 N–H and O–H groups in total. The molecule has 1 saturated heterocycles. The molecule has 122 valence electrons. The summed E-state index contributed by atoms with van der Waals surface area (Å²) in [5.41, 5.74) is -0.105. The Kier molecular flexibility index (Phi) is 3.99. The highest BCUT2D eigenvalue weighted by Gasteiger charge is 2.27. The van der Waals surface area contributed by atoms with Gasteiger partial charge in [-0.3, -0.25) is 9.52 Å². The highest BCUT2D eigenvalue weighted by atomic mass is 32.2. The van der Waals surface area contributed by atoms with Crippen molar-refractivity contribution in [1.82, 2.24) is 20.3 Å². The maximum Gasteiger partial charge on any atom is 0.278 e. The van der Waals surface area contributed by atoms with Gasteiger partial charge in [0.25, 0.3) is 15.9 Å². The molecular formula is C13H14FN5O3S. The molecule has 1 aromatic heterocycles. The van der Waals surface area contributed by atoms with Crippen molar-refractivity contribution >= 4 is 21.7 Å². The van der Waals surface area contributed by atoms with Gasteiger partial charge in [-0.25, -0.2) is 12.8 Å². The third-order valence-corrected chi connectivity index (χ3v) is 4.82. The van der Waals surface area contributed by atoms with Gasteiger partial charge in [-0.05, 0) is 31.0 Å². The highest BCUT2D eigenvalue weighted by Crippen LogP contribution is 2.19. The number of sulfonamides is 1. The second-order valence-electron chi connectivity index (χ2n) is 5.08. The Balaban J connectivity index is 1.86. The van der Waals surface area contributed by atoms with Crippen LogP contribution in [0.3, 0.4) is 0 Å². The van der Waals surface area contributed by atoms with Crippen molar-refractivity contribution < 1.29 is 17.6 Å². The Labute approximate surface area is 131 Å². The van der Waals surface area contributed by atoms with Gasteiger partial charge in [0.2, 0.25) is 0 Å². The van der Waals surface area contributed by atoms with E-state index in [1.54, 1.807) is 4.90 Å². The van der Waals surface area contributed by atoms with Gasteiger partial charge in [-0.1, -0.05) is 6.07 Å². The summed E-state index contributed by atoms with van der Waals surface area (Å²) >= 11 is 0. The van der Waals surface area contributed by atoms with Crippen LogP contribution >= 0.6 is 0 Å². The summed E-state index contributed by atoms with van der Waals surface area (Å²) in [6, 6.07) is 4.54. The molecule has 3 rings (SSSR count). The highest BCUT2D eigenvalue weighted by molar-refractivity contribution is 7.92. The van der Waals surface area contributed by atoms with Crippen LogP contribution in [-0.2, 0) is 10.0 Å². The lowest BCUT2D eigenvalue weighted by molar-refractivity contribution is 0.0788. The normalized spacial score (nSPS) is 14.9. The smallest absolute Gasteiger partial charge is 0.278 e. The second-order valence-corrected chi connectivity index (χ2v) is 6.77. The first kappa shape index (κ1) is 15.4. The Hall–Kier alpha value is -2.49. The number of carbonyl (C=O) groups excluding carboxylic acids is 1. The lowest BCUT2D eigenvalue weighted by atomic mass is 10.3. The number of rotatable bonds is 4. The number of H-pyrrole nitrogens is 1. The van der Waals surface area contributed by atoms with Gasteiger partial charge in [0, 0.05) is 13.1 Å². The maximum absolute atomic E-state index is 13.2. The van der Waals surface area contributed by atoms with Crippen molar-refractivity contribution in [3.63, 3.8) is 0 Å². The molecule has 0 atom stereocenters. The van der Waals surface area contributed by atoms with E-state index in [0.717, 1.165) is 25.0 Å². The minimum Gasteiger partial charge on any atom is -0.337 e. The van der Waals surface area contributed by atoms with Crippen molar-refractivity contribution in [1.29, 1.82) is 0 Å². The van der Waals surface area contributed by atoms with Gasteiger partial charge in [0.15, 0.2) is 11.5 Å². The molecular weight excluding hydrogens is 325 g/mol. The van der Waals surface area contributed by atoms with E-state index in [2.05, 4.69) is 20.1 Å². The van der Waals surface area contributed by atoms with Crippen molar-refractivity contribution in [3.05, 3.63) is 35.8 Å². The third kappa shape index (κ3) is 3.16. The standard InChI is InChI=1S/C13H14FN5O3S/c14-9-4-3-5-10(8-9)23(21,22)17-12-11(15-18-16-12)13(20)19-6-1-2-7-19/h3-5,8H,1-2,6-7H2,(H2,15,16,17,18). The summed E-state index contributed by atoms with van der Waals surface area (Å²) in [6.45, 7) is 1.20. The van der Waals surface area contributed by atoms with Crippen LogP contribution in [0, 0.1) is 5.82 Å². The summed E-state index contributed by atoms with van der Waals surface area (Å²) in [6.07, 6.45) is 1.79. The number of amides is 1. The number of benzene rings is 1. The van der Waals surface area contributed by atoms with Gasteiger partial charge >= 0.3 is 0 Å². The molecule has 10 heteroatoms. The fraction of sp³-hybridized carbons (Fsp3) is 0.308. The zero-order chi connectivity index (χ0) is 16.4. The molecule has 0 spiro atoms. The van der Waals surface area contributed by atoms with Gasteiger partial charge in [-0.2, -0.15) is 5.21 Å². The Morgan fingerprint density at radius 2 is 2.00 bits per heavy atom. The predicted molar refractivity (Wildman–Crippen MR) is 78.7 cm³/mol. The van der Waals surface area contributed by atoms with Crippen LogP contribution in [0.5, 0.6) is 0 Å². The van der Waals surface area contributed by atoms with Gasteiger partial charge < -0.3 is 4.90 Å². The number of nitrogens with zero attached hydrogens (tertiary/aromatic N) is 3. The van der Waals surface area contributed by atoms with Gasteiger partial charge in [0.1, 0.15) is 5.82 Å². The van der Waals surface area contributed by atoms with Crippen LogP contribution in [0.4, 0.5) is 10.2 Å². The van der Waals surface area contributed by atoms with Crippen LogP contribution < -0.4 is 4.72 Å². The Bertz CT molecular complexity index is 830. The number of nitrogens with one attached hydrogen (secondary N) is 2. The van der Waals surface area contributed by atoms with E-state index in [1.165, 1.54) is 12.1 Å². The second kappa shape index (κ2) is 5.95. The average Bonchev–Trinajstić information content (AvgIpc) is 3.17. The molecule has 1 fully saturated rings. The number of anilines is 1. The molecule has 2 aromatic rings. The molecule has 1 aliphatic rings. The molecule has 0 unspecified atom stereocenters. The number of hydrogen-bond acceptors (Lipinski definition) is 5. The Morgan fingerprint density at radius 1 is 1.26 bits per heavy atom. The lowest BCUT2D eigenvalue weighted by Crippen LogP contribution is -2.29. The first-order valence-electron chi connectivity index (χ1n) is 6.96. The van der Waals surface area contributed by atoms with E-state index in [9.17, 15) is 17.6 Å². The molecule has 0 saturated carbocycles. The summed E-state index contributed by atoms with van der Waals surface area (Å²) < 4.78 is 39.9. The molecule has 1 amide bonds. The minimum atomic E-state index is -4.07. The van der Waals surface area contributed by atoms with E-state index in [-0.39, 0.29) is 16.4 Å². The summed E-state index contributed by atoms with van der Waals surface area (Å²) in [5.74, 6) is -1.28. The number of carbonyl (C=O) groups is 1. The largest absolute Gasteiger partial charge is 0.337 e. The van der Waals surface area contributed by atoms with Crippen molar-refractivity contribution in [2.45, 2.75) is 17.7 Å². The fourth-order valence-corrected chi connectivity index (χ4v) is 3.38. The fourth-order valence-electron chi connectivity index (χ4n) is 2.34. The topological polar surface area (TPSA) is 108 Å². The predicted octanol–water partition coefficient (Wildman–Crippen LogP) is 0.981.